The van der Waals surface area contributed by atoms with Crippen molar-refractivity contribution in [1.29, 1.82) is 0 Å². The summed E-state index contributed by atoms with van der Waals surface area (Å²) in [4.78, 5) is 35.7. The molecule has 2 aromatic carbocycles. The van der Waals surface area contributed by atoms with Gasteiger partial charge in [-0.15, -0.1) is 11.3 Å². The van der Waals surface area contributed by atoms with Crippen molar-refractivity contribution in [2.24, 2.45) is 0 Å². The minimum atomic E-state index is -0.260. The van der Waals surface area contributed by atoms with Crippen LogP contribution in [-0.4, -0.2) is 32.9 Å². The summed E-state index contributed by atoms with van der Waals surface area (Å²) in [5.74, 6) is 0.367. The van der Waals surface area contributed by atoms with Crippen LogP contribution in [0.2, 0.25) is 0 Å². The van der Waals surface area contributed by atoms with E-state index in [4.69, 9.17) is 0 Å². The molecule has 3 heterocycles. The highest BCUT2D eigenvalue weighted by atomic mass is 32.1. The average Bonchev–Trinajstić information content (AvgIpc) is 3.48. The molecule has 2 amide bonds. The first-order chi connectivity index (χ1) is 15.2. The van der Waals surface area contributed by atoms with E-state index >= 15 is 0 Å². The SMILES string of the molecule is O=C(/C=C/c1ccccc1)Nc1nc(CC(=O)N2CCn3c2nc2ccccc23)cs1. The highest BCUT2D eigenvalue weighted by Crippen LogP contribution is 2.28. The summed E-state index contributed by atoms with van der Waals surface area (Å²) in [6.07, 6.45) is 3.37. The molecule has 0 radical (unpaired) electrons. The summed E-state index contributed by atoms with van der Waals surface area (Å²) in [5.41, 5.74) is 3.50. The molecular weight excluding hydrogens is 410 g/mol. The van der Waals surface area contributed by atoms with E-state index in [2.05, 4.69) is 19.9 Å². The number of nitrogens with one attached hydrogen (secondary N) is 1. The molecule has 1 N–H and O–H groups in total. The van der Waals surface area contributed by atoms with Crippen molar-refractivity contribution in [3.63, 3.8) is 0 Å². The van der Waals surface area contributed by atoms with Gasteiger partial charge in [0.05, 0.1) is 23.1 Å². The largest absolute Gasteiger partial charge is 0.308 e. The van der Waals surface area contributed by atoms with Gasteiger partial charge >= 0.3 is 0 Å². The van der Waals surface area contributed by atoms with Crippen molar-refractivity contribution in [3.05, 3.63) is 77.3 Å². The van der Waals surface area contributed by atoms with Gasteiger partial charge < -0.3 is 4.57 Å². The summed E-state index contributed by atoms with van der Waals surface area (Å²) in [6, 6.07) is 17.5. The number of hydrogen-bond acceptors (Lipinski definition) is 5. The lowest BCUT2D eigenvalue weighted by Crippen LogP contribution is -2.31. The van der Waals surface area contributed by atoms with Gasteiger partial charge in [-0.3, -0.25) is 19.8 Å². The number of carbonyl (C=O) groups excluding carboxylic acids is 2. The van der Waals surface area contributed by atoms with Crippen molar-refractivity contribution in [2.45, 2.75) is 13.0 Å². The summed E-state index contributed by atoms with van der Waals surface area (Å²) in [7, 11) is 0. The maximum atomic E-state index is 12.9. The van der Waals surface area contributed by atoms with Gasteiger partial charge in [-0.1, -0.05) is 42.5 Å². The number of rotatable bonds is 5. The van der Waals surface area contributed by atoms with Gasteiger partial charge in [0.15, 0.2) is 5.13 Å². The number of para-hydroxylation sites is 2. The van der Waals surface area contributed by atoms with Crippen LogP contribution in [0.1, 0.15) is 11.3 Å². The Balaban J connectivity index is 1.23. The van der Waals surface area contributed by atoms with Crippen LogP contribution in [0.25, 0.3) is 17.1 Å². The number of carbonyl (C=O) groups is 2. The first kappa shape index (κ1) is 19.2. The molecule has 0 bridgehead atoms. The second kappa shape index (κ2) is 8.16. The molecule has 0 aliphatic carbocycles. The molecule has 4 aromatic rings. The van der Waals surface area contributed by atoms with E-state index in [1.165, 1.54) is 17.4 Å². The molecule has 0 unspecified atom stereocenters. The third-order valence-electron chi connectivity index (χ3n) is 5.07. The monoisotopic (exact) mass is 429 g/mol. The molecule has 0 atom stereocenters. The molecule has 7 nitrogen and oxygen atoms in total. The molecule has 2 aromatic heterocycles. The minimum absolute atomic E-state index is 0.0544. The number of imidazole rings is 1. The normalized spacial score (nSPS) is 13.1. The third-order valence-corrected chi connectivity index (χ3v) is 5.87. The smallest absolute Gasteiger partial charge is 0.250 e. The lowest BCUT2D eigenvalue weighted by molar-refractivity contribution is -0.118. The molecule has 0 saturated heterocycles. The highest BCUT2D eigenvalue weighted by Gasteiger charge is 2.28. The summed E-state index contributed by atoms with van der Waals surface area (Å²) >= 11 is 1.30. The topological polar surface area (TPSA) is 80.1 Å². The van der Waals surface area contributed by atoms with E-state index in [0.717, 1.165) is 23.1 Å². The number of hydrogen-bond donors (Lipinski definition) is 1. The molecule has 5 rings (SSSR count). The fourth-order valence-electron chi connectivity index (χ4n) is 3.60. The zero-order valence-electron chi connectivity index (χ0n) is 16.6. The Bertz CT molecular complexity index is 1290. The number of amides is 2. The molecule has 0 saturated carbocycles. The Morgan fingerprint density at radius 2 is 1.84 bits per heavy atom. The van der Waals surface area contributed by atoms with Gasteiger partial charge in [0.2, 0.25) is 17.8 Å². The number of thiazole rings is 1. The Hall–Kier alpha value is -3.78. The van der Waals surface area contributed by atoms with Crippen LogP contribution in [0, 0.1) is 0 Å². The quantitative estimate of drug-likeness (QED) is 0.490. The predicted molar refractivity (Wildman–Crippen MR) is 122 cm³/mol. The van der Waals surface area contributed by atoms with Crippen LogP contribution in [0.5, 0.6) is 0 Å². The third kappa shape index (κ3) is 3.97. The van der Waals surface area contributed by atoms with E-state index in [1.807, 2.05) is 54.6 Å². The minimum Gasteiger partial charge on any atom is -0.308 e. The van der Waals surface area contributed by atoms with Gasteiger partial charge in [0.1, 0.15) is 0 Å². The lowest BCUT2D eigenvalue weighted by Gasteiger charge is -2.12. The Labute approximate surface area is 182 Å². The first-order valence-corrected chi connectivity index (χ1v) is 10.8. The molecule has 8 heteroatoms. The van der Waals surface area contributed by atoms with Crippen LogP contribution in [0.4, 0.5) is 11.1 Å². The molecule has 0 fully saturated rings. The number of aromatic nitrogens is 3. The van der Waals surface area contributed by atoms with Crippen molar-refractivity contribution in [3.8, 4) is 0 Å². The van der Waals surface area contributed by atoms with Crippen molar-refractivity contribution < 1.29 is 9.59 Å². The van der Waals surface area contributed by atoms with Crippen LogP contribution in [0.3, 0.4) is 0 Å². The van der Waals surface area contributed by atoms with Gasteiger partial charge in [-0.05, 0) is 23.8 Å². The van der Waals surface area contributed by atoms with E-state index in [9.17, 15) is 9.59 Å². The van der Waals surface area contributed by atoms with Crippen LogP contribution < -0.4 is 10.2 Å². The Morgan fingerprint density at radius 3 is 2.71 bits per heavy atom. The zero-order valence-corrected chi connectivity index (χ0v) is 17.4. The van der Waals surface area contributed by atoms with E-state index < -0.39 is 0 Å². The molecule has 154 valence electrons. The number of benzene rings is 2. The molecule has 1 aliphatic rings. The molecular formula is C23H19N5O2S. The van der Waals surface area contributed by atoms with Gasteiger partial charge in [-0.2, -0.15) is 0 Å². The van der Waals surface area contributed by atoms with Crippen molar-refractivity contribution in [1.82, 2.24) is 14.5 Å². The van der Waals surface area contributed by atoms with Crippen molar-refractivity contribution in [2.75, 3.05) is 16.8 Å². The maximum Gasteiger partial charge on any atom is 0.250 e. The summed E-state index contributed by atoms with van der Waals surface area (Å²) < 4.78 is 2.07. The van der Waals surface area contributed by atoms with Gasteiger partial charge in [0.25, 0.3) is 0 Å². The molecule has 0 spiro atoms. The molecule has 31 heavy (non-hydrogen) atoms. The number of anilines is 2. The van der Waals surface area contributed by atoms with Crippen LogP contribution >= 0.6 is 11.3 Å². The standard InChI is InChI=1S/C23H19N5O2S/c29-20(11-10-16-6-2-1-3-7-16)26-22-24-17(15-31-22)14-21(30)28-13-12-27-19-9-5-4-8-18(19)25-23(27)28/h1-11,15H,12-14H2,(H,24,26,29)/b11-10+. The number of nitrogens with zero attached hydrogens (tertiary/aromatic N) is 4. The zero-order chi connectivity index (χ0) is 21.2. The fraction of sp³-hybridized carbons (Fsp3) is 0.130. The first-order valence-electron chi connectivity index (χ1n) is 9.91. The lowest BCUT2D eigenvalue weighted by atomic mass is 10.2. The summed E-state index contributed by atoms with van der Waals surface area (Å²) in [5, 5.41) is 5.02. The van der Waals surface area contributed by atoms with Gasteiger partial charge in [-0.25, -0.2) is 9.97 Å². The summed E-state index contributed by atoms with van der Waals surface area (Å²) in [6.45, 7) is 1.33. The van der Waals surface area contributed by atoms with E-state index in [0.29, 0.717) is 23.3 Å². The Morgan fingerprint density at radius 1 is 1.03 bits per heavy atom. The maximum absolute atomic E-state index is 12.9. The van der Waals surface area contributed by atoms with Crippen LogP contribution in [-0.2, 0) is 22.6 Å². The molecule has 1 aliphatic heterocycles. The van der Waals surface area contributed by atoms with Crippen molar-refractivity contribution >= 4 is 51.3 Å². The number of fused-ring (bicyclic) bond motifs is 3. The highest BCUT2D eigenvalue weighted by molar-refractivity contribution is 7.14. The van der Waals surface area contributed by atoms with E-state index in [1.54, 1.807) is 16.4 Å². The van der Waals surface area contributed by atoms with Crippen LogP contribution in [0.15, 0.2) is 66.1 Å². The second-order valence-electron chi connectivity index (χ2n) is 7.15. The van der Waals surface area contributed by atoms with Gasteiger partial charge in [0, 0.05) is 24.5 Å². The van der Waals surface area contributed by atoms with E-state index in [-0.39, 0.29) is 18.2 Å². The Kier molecular flexibility index (Phi) is 5.05. The predicted octanol–water partition coefficient (Wildman–Crippen LogP) is 3.73. The average molecular weight is 430 g/mol. The fourth-order valence-corrected chi connectivity index (χ4v) is 4.32. The second-order valence-corrected chi connectivity index (χ2v) is 8.01.